The van der Waals surface area contributed by atoms with E-state index in [1.165, 1.54) is 0 Å². The molecule has 0 saturated carbocycles. The van der Waals surface area contributed by atoms with E-state index in [0.29, 0.717) is 25.8 Å². The first-order chi connectivity index (χ1) is 18.9. The van der Waals surface area contributed by atoms with E-state index < -0.39 is 18.2 Å². The van der Waals surface area contributed by atoms with Crippen LogP contribution in [0.1, 0.15) is 43.4 Å². The average molecular weight is 530 g/mol. The fraction of sp³-hybridized carbons (Fsp3) is 0.344. The van der Waals surface area contributed by atoms with Crippen LogP contribution in [-0.4, -0.2) is 36.5 Å². The zero-order valence-corrected chi connectivity index (χ0v) is 22.8. The summed E-state index contributed by atoms with van der Waals surface area (Å²) in [5.74, 6) is -0.291. The SMILES string of the molecule is CC(C)CC(CC(=O)NC(Cc1ccccc1)C(=O)NCCc1ccccc1)NC(=O)OCc1ccccc1. The second kappa shape index (κ2) is 16.0. The Kier molecular flexibility index (Phi) is 12.0. The summed E-state index contributed by atoms with van der Waals surface area (Å²) in [5, 5.41) is 8.70. The molecule has 3 amide bonds. The van der Waals surface area contributed by atoms with E-state index in [1.54, 1.807) is 0 Å². The van der Waals surface area contributed by atoms with Crippen molar-refractivity contribution in [1.29, 1.82) is 0 Å². The van der Waals surface area contributed by atoms with Crippen molar-refractivity contribution in [2.45, 2.75) is 58.2 Å². The number of rotatable bonds is 14. The predicted molar refractivity (Wildman–Crippen MR) is 153 cm³/mol. The molecule has 0 saturated heterocycles. The third kappa shape index (κ3) is 11.4. The molecule has 2 unspecified atom stereocenters. The summed E-state index contributed by atoms with van der Waals surface area (Å²) in [7, 11) is 0. The van der Waals surface area contributed by atoms with Gasteiger partial charge in [0.2, 0.25) is 11.8 Å². The first-order valence-electron chi connectivity index (χ1n) is 13.5. The van der Waals surface area contributed by atoms with Gasteiger partial charge in [0.1, 0.15) is 12.6 Å². The summed E-state index contributed by atoms with van der Waals surface area (Å²) >= 11 is 0. The quantitative estimate of drug-likeness (QED) is 0.279. The summed E-state index contributed by atoms with van der Waals surface area (Å²) in [6, 6.07) is 27.8. The van der Waals surface area contributed by atoms with Gasteiger partial charge in [-0.3, -0.25) is 9.59 Å². The van der Waals surface area contributed by atoms with Crippen molar-refractivity contribution in [3.05, 3.63) is 108 Å². The molecule has 0 aliphatic carbocycles. The number of alkyl carbamates (subject to hydrolysis) is 1. The fourth-order valence-electron chi connectivity index (χ4n) is 4.33. The first-order valence-corrected chi connectivity index (χ1v) is 13.5. The van der Waals surface area contributed by atoms with Gasteiger partial charge < -0.3 is 20.7 Å². The highest BCUT2D eigenvalue weighted by Gasteiger charge is 2.24. The topological polar surface area (TPSA) is 96.5 Å². The molecule has 7 heteroatoms. The van der Waals surface area contributed by atoms with Gasteiger partial charge in [0.15, 0.2) is 0 Å². The molecule has 0 fully saturated rings. The zero-order chi connectivity index (χ0) is 27.9. The van der Waals surface area contributed by atoms with Crippen LogP contribution in [0.4, 0.5) is 4.79 Å². The van der Waals surface area contributed by atoms with Gasteiger partial charge in [-0.15, -0.1) is 0 Å². The fourth-order valence-corrected chi connectivity index (χ4v) is 4.33. The Morgan fingerprint density at radius 1 is 0.744 bits per heavy atom. The van der Waals surface area contributed by atoms with Crippen LogP contribution >= 0.6 is 0 Å². The lowest BCUT2D eigenvalue weighted by molar-refractivity contribution is -0.129. The Morgan fingerprint density at radius 2 is 1.31 bits per heavy atom. The van der Waals surface area contributed by atoms with Crippen LogP contribution in [0.25, 0.3) is 0 Å². The van der Waals surface area contributed by atoms with E-state index in [2.05, 4.69) is 16.0 Å². The predicted octanol–water partition coefficient (Wildman–Crippen LogP) is 4.80. The number of hydrogen-bond acceptors (Lipinski definition) is 4. The van der Waals surface area contributed by atoms with Gasteiger partial charge in [0, 0.05) is 25.4 Å². The molecule has 206 valence electrons. The maximum Gasteiger partial charge on any atom is 0.407 e. The molecule has 0 heterocycles. The van der Waals surface area contributed by atoms with E-state index in [4.69, 9.17) is 4.74 Å². The lowest BCUT2D eigenvalue weighted by Crippen LogP contribution is -2.50. The smallest absolute Gasteiger partial charge is 0.407 e. The summed E-state index contributed by atoms with van der Waals surface area (Å²) < 4.78 is 5.35. The lowest BCUT2D eigenvalue weighted by atomic mass is 10.00. The van der Waals surface area contributed by atoms with Gasteiger partial charge in [-0.05, 0) is 35.4 Å². The Morgan fingerprint density at radius 3 is 1.90 bits per heavy atom. The van der Waals surface area contributed by atoms with Crippen LogP contribution in [-0.2, 0) is 33.8 Å². The number of hydrogen-bond donors (Lipinski definition) is 3. The number of benzene rings is 3. The highest BCUT2D eigenvalue weighted by Crippen LogP contribution is 2.11. The third-order valence-corrected chi connectivity index (χ3v) is 6.21. The standard InChI is InChI=1S/C32H39N3O4/c1-24(2)20-28(34-32(38)39-23-27-16-10-5-11-17-27)22-30(36)35-29(21-26-14-8-4-9-15-26)31(37)33-19-18-25-12-6-3-7-13-25/h3-17,24,28-29H,18-23H2,1-2H3,(H,33,37)(H,34,38)(H,35,36). The van der Waals surface area contributed by atoms with Crippen LogP contribution < -0.4 is 16.0 Å². The minimum absolute atomic E-state index is 0.0429. The molecule has 0 radical (unpaired) electrons. The van der Waals surface area contributed by atoms with Crippen molar-refractivity contribution in [2.24, 2.45) is 5.92 Å². The highest BCUT2D eigenvalue weighted by atomic mass is 16.5. The third-order valence-electron chi connectivity index (χ3n) is 6.21. The number of carbonyl (C=O) groups is 3. The summed E-state index contributed by atoms with van der Waals surface area (Å²) in [6.45, 7) is 4.67. The van der Waals surface area contributed by atoms with E-state index in [0.717, 1.165) is 16.7 Å². The van der Waals surface area contributed by atoms with Gasteiger partial charge >= 0.3 is 6.09 Å². The van der Waals surface area contributed by atoms with Gasteiger partial charge in [0.25, 0.3) is 0 Å². The van der Waals surface area contributed by atoms with Crippen LogP contribution in [0, 0.1) is 5.92 Å². The van der Waals surface area contributed by atoms with E-state index in [9.17, 15) is 14.4 Å². The lowest BCUT2D eigenvalue weighted by Gasteiger charge is -2.23. The molecule has 7 nitrogen and oxygen atoms in total. The molecule has 0 aliphatic rings. The van der Waals surface area contributed by atoms with Crippen molar-refractivity contribution >= 4 is 17.9 Å². The van der Waals surface area contributed by atoms with E-state index >= 15 is 0 Å². The Bertz CT molecular complexity index is 1150. The molecule has 3 aromatic rings. The number of carbonyl (C=O) groups excluding carboxylic acids is 3. The second-order valence-electron chi connectivity index (χ2n) is 10.1. The minimum atomic E-state index is -0.736. The number of ether oxygens (including phenoxy) is 1. The summed E-state index contributed by atoms with van der Waals surface area (Å²) in [6.07, 6.45) is 1.13. The van der Waals surface area contributed by atoms with E-state index in [1.807, 2.05) is 105 Å². The Labute approximate surface area is 231 Å². The average Bonchev–Trinajstić information content (AvgIpc) is 2.93. The molecule has 0 spiro atoms. The molecule has 0 aromatic heterocycles. The molecule has 2 atom stereocenters. The molecule has 0 aliphatic heterocycles. The number of nitrogens with one attached hydrogen (secondary N) is 3. The van der Waals surface area contributed by atoms with Crippen LogP contribution in [0.2, 0.25) is 0 Å². The minimum Gasteiger partial charge on any atom is -0.445 e. The molecule has 3 aromatic carbocycles. The normalized spacial score (nSPS) is 12.3. The van der Waals surface area contributed by atoms with Crippen LogP contribution in [0.3, 0.4) is 0 Å². The van der Waals surface area contributed by atoms with Crippen molar-refractivity contribution in [3.63, 3.8) is 0 Å². The van der Waals surface area contributed by atoms with E-state index in [-0.39, 0.29) is 30.8 Å². The van der Waals surface area contributed by atoms with Crippen molar-refractivity contribution in [2.75, 3.05) is 6.54 Å². The van der Waals surface area contributed by atoms with Crippen LogP contribution in [0.15, 0.2) is 91.0 Å². The number of amides is 3. The van der Waals surface area contributed by atoms with Crippen molar-refractivity contribution in [3.8, 4) is 0 Å². The van der Waals surface area contributed by atoms with Gasteiger partial charge in [-0.25, -0.2) is 4.79 Å². The summed E-state index contributed by atoms with van der Waals surface area (Å²) in [4.78, 5) is 38.7. The monoisotopic (exact) mass is 529 g/mol. The molecular formula is C32H39N3O4. The Balaban J connectivity index is 1.58. The maximum atomic E-state index is 13.1. The van der Waals surface area contributed by atoms with Crippen molar-refractivity contribution < 1.29 is 19.1 Å². The van der Waals surface area contributed by atoms with Crippen molar-refractivity contribution in [1.82, 2.24) is 16.0 Å². The largest absolute Gasteiger partial charge is 0.445 e. The summed E-state index contributed by atoms with van der Waals surface area (Å²) in [5.41, 5.74) is 2.96. The van der Waals surface area contributed by atoms with Crippen LogP contribution in [0.5, 0.6) is 0 Å². The molecule has 3 rings (SSSR count). The molecule has 39 heavy (non-hydrogen) atoms. The first kappa shape index (κ1) is 29.4. The Hall–Kier alpha value is -4.13. The molecular weight excluding hydrogens is 490 g/mol. The van der Waals surface area contributed by atoms with Gasteiger partial charge in [0.05, 0.1) is 0 Å². The maximum absolute atomic E-state index is 13.1. The molecule has 0 bridgehead atoms. The van der Waals surface area contributed by atoms with Gasteiger partial charge in [-0.2, -0.15) is 0 Å². The van der Waals surface area contributed by atoms with Gasteiger partial charge in [-0.1, -0.05) is 105 Å². The highest BCUT2D eigenvalue weighted by molar-refractivity contribution is 5.88. The molecule has 3 N–H and O–H groups in total. The second-order valence-corrected chi connectivity index (χ2v) is 10.1. The zero-order valence-electron chi connectivity index (χ0n) is 22.8.